The van der Waals surface area contributed by atoms with Crippen LogP contribution >= 0.6 is 0 Å². The summed E-state index contributed by atoms with van der Waals surface area (Å²) in [6.45, 7) is 3.91. The van der Waals surface area contributed by atoms with E-state index in [1.165, 1.54) is 6.21 Å². The number of anilines is 1. The summed E-state index contributed by atoms with van der Waals surface area (Å²) in [5.74, 6) is -0.882. The predicted molar refractivity (Wildman–Crippen MR) is 93.3 cm³/mol. The molecule has 2 rings (SSSR count). The molecule has 0 spiro atoms. The van der Waals surface area contributed by atoms with Crippen LogP contribution in [-0.2, 0) is 9.59 Å². The van der Waals surface area contributed by atoms with Gasteiger partial charge in [0.15, 0.2) is 0 Å². The van der Waals surface area contributed by atoms with Crippen LogP contribution < -0.4 is 15.5 Å². The number of carbonyl (C=O) groups excluding carboxylic acids is 2. The van der Waals surface area contributed by atoms with E-state index in [9.17, 15) is 9.59 Å². The molecule has 0 aliphatic carbocycles. The number of hydrogen-bond acceptors (Lipinski definition) is 4. The fraction of sp³-hybridized carbons (Fsp3) is 0.167. The molecule has 124 valence electrons. The van der Waals surface area contributed by atoms with Crippen molar-refractivity contribution in [2.45, 2.75) is 13.8 Å². The van der Waals surface area contributed by atoms with E-state index in [2.05, 4.69) is 15.8 Å². The lowest BCUT2D eigenvalue weighted by molar-refractivity contribution is -0.136. The molecule has 0 fully saturated rings. The number of nitrogens with one attached hydrogen (secondary N) is 2. The predicted octanol–water partition coefficient (Wildman–Crippen LogP) is 2.40. The van der Waals surface area contributed by atoms with Gasteiger partial charge in [-0.1, -0.05) is 6.07 Å². The normalized spacial score (nSPS) is 10.5. The largest absolute Gasteiger partial charge is 0.497 e. The van der Waals surface area contributed by atoms with Crippen molar-refractivity contribution >= 4 is 23.7 Å². The summed E-state index contributed by atoms with van der Waals surface area (Å²) in [7, 11) is 1.58. The van der Waals surface area contributed by atoms with Gasteiger partial charge >= 0.3 is 11.8 Å². The second-order valence-corrected chi connectivity index (χ2v) is 5.23. The molecule has 0 atom stereocenters. The monoisotopic (exact) mass is 325 g/mol. The highest BCUT2D eigenvalue weighted by atomic mass is 16.5. The van der Waals surface area contributed by atoms with E-state index < -0.39 is 11.8 Å². The fourth-order valence-corrected chi connectivity index (χ4v) is 1.91. The Kier molecular flexibility index (Phi) is 5.68. The molecule has 0 aliphatic rings. The molecule has 0 saturated carbocycles. The Hall–Kier alpha value is -3.15. The van der Waals surface area contributed by atoms with Crippen LogP contribution in [0.5, 0.6) is 5.75 Å². The average Bonchev–Trinajstić information content (AvgIpc) is 2.58. The Bertz CT molecular complexity index is 768. The molecular formula is C18H19N3O3. The lowest BCUT2D eigenvalue weighted by Gasteiger charge is -2.06. The van der Waals surface area contributed by atoms with Crippen molar-refractivity contribution in [1.82, 2.24) is 5.43 Å². The first-order chi connectivity index (χ1) is 11.5. The van der Waals surface area contributed by atoms with E-state index in [1.54, 1.807) is 43.5 Å². The zero-order valence-electron chi connectivity index (χ0n) is 13.8. The van der Waals surface area contributed by atoms with Crippen molar-refractivity contribution in [3.63, 3.8) is 0 Å². The Morgan fingerprint density at radius 1 is 1.00 bits per heavy atom. The van der Waals surface area contributed by atoms with Gasteiger partial charge in [0, 0.05) is 5.69 Å². The molecule has 2 aromatic carbocycles. The third-order valence-electron chi connectivity index (χ3n) is 3.47. The van der Waals surface area contributed by atoms with Crippen molar-refractivity contribution in [1.29, 1.82) is 0 Å². The van der Waals surface area contributed by atoms with E-state index >= 15 is 0 Å². The van der Waals surface area contributed by atoms with Crippen LogP contribution in [-0.4, -0.2) is 25.1 Å². The molecule has 24 heavy (non-hydrogen) atoms. The summed E-state index contributed by atoms with van der Waals surface area (Å²) in [5, 5.41) is 6.30. The lowest BCUT2D eigenvalue weighted by atomic mass is 10.1. The van der Waals surface area contributed by atoms with Crippen molar-refractivity contribution in [2.24, 2.45) is 5.10 Å². The number of hydrogen-bond donors (Lipinski definition) is 2. The highest BCUT2D eigenvalue weighted by molar-refractivity contribution is 6.39. The van der Waals surface area contributed by atoms with Crippen molar-refractivity contribution < 1.29 is 14.3 Å². The van der Waals surface area contributed by atoms with Crippen molar-refractivity contribution in [2.75, 3.05) is 12.4 Å². The van der Waals surface area contributed by atoms with Crippen molar-refractivity contribution in [3.8, 4) is 5.75 Å². The van der Waals surface area contributed by atoms with Gasteiger partial charge in [0.1, 0.15) is 5.75 Å². The molecule has 2 aromatic rings. The number of aryl methyl sites for hydroxylation is 2. The fourth-order valence-electron chi connectivity index (χ4n) is 1.91. The van der Waals surface area contributed by atoms with Gasteiger partial charge in [-0.2, -0.15) is 5.10 Å². The van der Waals surface area contributed by atoms with Gasteiger partial charge in [-0.25, -0.2) is 5.43 Å². The lowest BCUT2D eigenvalue weighted by Crippen LogP contribution is -2.32. The van der Waals surface area contributed by atoms with Crippen LogP contribution in [0.3, 0.4) is 0 Å². The second kappa shape index (κ2) is 7.92. The van der Waals surface area contributed by atoms with E-state index in [0.717, 1.165) is 22.4 Å². The quantitative estimate of drug-likeness (QED) is 0.515. The molecule has 2 amide bonds. The highest BCUT2D eigenvalue weighted by Crippen LogP contribution is 2.14. The summed E-state index contributed by atoms with van der Waals surface area (Å²) >= 11 is 0. The van der Waals surface area contributed by atoms with Crippen LogP contribution in [0.25, 0.3) is 0 Å². The van der Waals surface area contributed by atoms with Crippen LogP contribution in [0.15, 0.2) is 47.6 Å². The van der Waals surface area contributed by atoms with E-state index in [1.807, 2.05) is 19.9 Å². The maximum Gasteiger partial charge on any atom is 0.329 e. The highest BCUT2D eigenvalue weighted by Gasteiger charge is 2.12. The Morgan fingerprint density at radius 2 is 1.71 bits per heavy atom. The Morgan fingerprint density at radius 3 is 2.33 bits per heavy atom. The smallest absolute Gasteiger partial charge is 0.329 e. The maximum absolute atomic E-state index is 11.8. The first-order valence-electron chi connectivity index (χ1n) is 7.35. The van der Waals surface area contributed by atoms with Crippen molar-refractivity contribution in [3.05, 3.63) is 59.2 Å². The standard InChI is InChI=1S/C18H19N3O3/c1-12-4-7-15(10-13(12)2)20-17(22)18(23)21-19-11-14-5-8-16(24-3)9-6-14/h4-11H,1-3H3,(H,20,22)(H,21,23)/b19-11+. The minimum absolute atomic E-state index is 0.567. The Labute approximate surface area is 140 Å². The zero-order chi connectivity index (χ0) is 17.5. The van der Waals surface area contributed by atoms with E-state index in [-0.39, 0.29) is 0 Å². The minimum atomic E-state index is -0.835. The van der Waals surface area contributed by atoms with Gasteiger partial charge in [-0.3, -0.25) is 9.59 Å². The molecule has 6 heteroatoms. The Balaban J connectivity index is 1.89. The van der Waals surface area contributed by atoms with Gasteiger partial charge in [0.25, 0.3) is 0 Å². The molecule has 0 aliphatic heterocycles. The number of amides is 2. The molecule has 0 heterocycles. The minimum Gasteiger partial charge on any atom is -0.497 e. The number of hydrazone groups is 1. The molecule has 0 bridgehead atoms. The van der Waals surface area contributed by atoms with Gasteiger partial charge in [-0.15, -0.1) is 0 Å². The zero-order valence-corrected chi connectivity index (χ0v) is 13.8. The van der Waals surface area contributed by atoms with Crippen LogP contribution in [0, 0.1) is 13.8 Å². The topological polar surface area (TPSA) is 79.8 Å². The maximum atomic E-state index is 11.8. The number of methoxy groups -OCH3 is 1. The van der Waals surface area contributed by atoms with Gasteiger partial charge in [-0.05, 0) is 66.9 Å². The first-order valence-corrected chi connectivity index (χ1v) is 7.35. The second-order valence-electron chi connectivity index (χ2n) is 5.23. The molecule has 0 unspecified atom stereocenters. The van der Waals surface area contributed by atoms with Crippen LogP contribution in [0.4, 0.5) is 5.69 Å². The summed E-state index contributed by atoms with van der Waals surface area (Å²) in [6.07, 6.45) is 1.45. The number of benzene rings is 2. The molecule has 0 aromatic heterocycles. The van der Waals surface area contributed by atoms with E-state index in [4.69, 9.17) is 4.74 Å². The third-order valence-corrected chi connectivity index (χ3v) is 3.47. The molecule has 0 radical (unpaired) electrons. The molecule has 0 saturated heterocycles. The number of ether oxygens (including phenoxy) is 1. The summed E-state index contributed by atoms with van der Waals surface area (Å²) in [6, 6.07) is 12.5. The summed E-state index contributed by atoms with van der Waals surface area (Å²) in [4.78, 5) is 23.6. The van der Waals surface area contributed by atoms with Crippen LogP contribution in [0.1, 0.15) is 16.7 Å². The van der Waals surface area contributed by atoms with Gasteiger partial charge in [0.2, 0.25) is 0 Å². The average molecular weight is 325 g/mol. The van der Waals surface area contributed by atoms with E-state index in [0.29, 0.717) is 5.69 Å². The first kappa shape index (κ1) is 17.2. The number of rotatable bonds is 4. The number of carbonyl (C=O) groups is 2. The van der Waals surface area contributed by atoms with Gasteiger partial charge < -0.3 is 10.1 Å². The molecule has 6 nitrogen and oxygen atoms in total. The number of nitrogens with zero attached hydrogens (tertiary/aromatic N) is 1. The molecular weight excluding hydrogens is 306 g/mol. The SMILES string of the molecule is COc1ccc(/C=N/NC(=O)C(=O)Nc2ccc(C)c(C)c2)cc1. The summed E-state index contributed by atoms with van der Waals surface area (Å²) < 4.78 is 5.05. The van der Waals surface area contributed by atoms with Gasteiger partial charge in [0.05, 0.1) is 13.3 Å². The molecule has 2 N–H and O–H groups in total. The third kappa shape index (κ3) is 4.67. The van der Waals surface area contributed by atoms with Crippen LogP contribution in [0.2, 0.25) is 0 Å². The summed E-state index contributed by atoms with van der Waals surface area (Å²) in [5.41, 5.74) is 5.67.